The summed E-state index contributed by atoms with van der Waals surface area (Å²) in [7, 11) is 4.15. The van der Waals surface area contributed by atoms with Gasteiger partial charge in [0, 0.05) is 52.3 Å². The largest absolute Gasteiger partial charge is 0.207 e. The monoisotopic (exact) mass is 744 g/mol. The van der Waals surface area contributed by atoms with Crippen LogP contribution < -0.4 is 0 Å². The first-order chi connectivity index (χ1) is 11.9. The standard InChI is InChI=1S/C11H12N2.C7H6FI2N.Pt/c1-12-8-11(13(2)9-12)10-6-4-3-5-7-10;8-7-3-1-6(2-4-7)5-11(9)10;/h3-8H,1-2H3;1-4H,5H2;. The molecule has 0 radical (unpaired) electrons. The van der Waals surface area contributed by atoms with Gasteiger partial charge in [0.15, 0.2) is 0 Å². The molecule has 0 amide bonds. The summed E-state index contributed by atoms with van der Waals surface area (Å²) in [6.45, 7) is 0.835. The minimum absolute atomic E-state index is 0.179. The number of rotatable bonds is 3. The van der Waals surface area contributed by atoms with E-state index in [1.165, 1.54) is 27.2 Å². The molecule has 0 atom stereocenters. The fraction of sp³-hybridized carbons (Fsp3) is 0.167. The number of halogens is 3. The summed E-state index contributed by atoms with van der Waals surface area (Å²) in [5.74, 6) is -0.179. The van der Waals surface area contributed by atoms with Crippen molar-refractivity contribution in [3.63, 3.8) is 0 Å². The molecule has 0 aliphatic rings. The Labute approximate surface area is 186 Å². The molecule has 0 fully saturated rings. The smallest absolute Gasteiger partial charge is 0.123 e. The third kappa shape index (κ3) is 6.41. The molecule has 0 spiro atoms. The molecule has 3 aromatic rings. The Morgan fingerprint density at radius 2 is 1.60 bits per heavy atom. The van der Waals surface area contributed by atoms with Gasteiger partial charge in [-0.25, -0.2) is 4.39 Å². The molecule has 1 aromatic heterocycles. The predicted octanol–water partition coefficient (Wildman–Crippen LogP) is 5.44. The van der Waals surface area contributed by atoms with Crippen LogP contribution in [0.5, 0.6) is 0 Å². The number of nitrogens with zero attached hydrogens (tertiary/aromatic N) is 3. The van der Waals surface area contributed by atoms with Gasteiger partial charge in [0.2, 0.25) is 0 Å². The quantitative estimate of drug-likeness (QED) is 0.258. The topological polar surface area (TPSA) is 13.1 Å². The molecule has 0 aliphatic carbocycles. The van der Waals surface area contributed by atoms with Gasteiger partial charge in [0.25, 0.3) is 0 Å². The van der Waals surface area contributed by atoms with Gasteiger partial charge in [0.05, 0.1) is 0 Å². The minimum atomic E-state index is -0.179. The zero-order chi connectivity index (χ0) is 18.4. The molecule has 0 aliphatic heterocycles. The van der Waals surface area contributed by atoms with Crippen molar-refractivity contribution in [3.8, 4) is 11.3 Å². The van der Waals surface area contributed by atoms with Crippen LogP contribution in [0.15, 0.2) is 60.8 Å². The Balaban J connectivity index is 0.000000186. The molecule has 3 rings (SSSR count). The van der Waals surface area contributed by atoms with Crippen LogP contribution >= 0.6 is 45.7 Å². The van der Waals surface area contributed by atoms with E-state index in [-0.39, 0.29) is 5.82 Å². The van der Waals surface area contributed by atoms with Gasteiger partial charge < -0.3 is 0 Å². The van der Waals surface area contributed by atoms with Gasteiger partial charge in [-0.1, -0.05) is 12.1 Å². The van der Waals surface area contributed by atoms with Crippen LogP contribution in [0.25, 0.3) is 11.3 Å². The van der Waals surface area contributed by atoms with E-state index >= 15 is 0 Å². The number of hydrogen-bond donors (Lipinski definition) is 0. The van der Waals surface area contributed by atoms with Crippen LogP contribution in [0.3, 0.4) is 0 Å². The molecule has 0 saturated heterocycles. The molecule has 136 valence electrons. The maximum Gasteiger partial charge on any atom is 0.123 e. The molecule has 0 N–H and O–H groups in total. The molecule has 2 aromatic carbocycles. The van der Waals surface area contributed by atoms with Gasteiger partial charge >= 0.3 is 94.2 Å². The molecule has 1 heterocycles. The Morgan fingerprint density at radius 3 is 2.08 bits per heavy atom. The second kappa shape index (κ2) is 10.1. The van der Waals surface area contributed by atoms with Crippen LogP contribution in [0, 0.1) is 9.62 Å². The van der Waals surface area contributed by atoms with Crippen molar-refractivity contribution in [1.82, 2.24) is 10.5 Å². The number of imidazole rings is 1. The van der Waals surface area contributed by atoms with Gasteiger partial charge in [-0.2, -0.15) is 1.33 Å². The first-order valence-electron chi connectivity index (χ1n) is 7.45. The zero-order valence-electron chi connectivity index (χ0n) is 13.8. The van der Waals surface area contributed by atoms with E-state index in [9.17, 15) is 4.39 Å². The molecule has 0 saturated carbocycles. The van der Waals surface area contributed by atoms with E-state index in [0.29, 0.717) is 0 Å². The molecule has 25 heavy (non-hydrogen) atoms. The van der Waals surface area contributed by atoms with E-state index in [1.807, 2.05) is 7.39 Å². The summed E-state index contributed by atoms with van der Waals surface area (Å²) in [6, 6.07) is 17.0. The predicted molar refractivity (Wildman–Crippen MR) is 113 cm³/mol. The Hall–Kier alpha value is -0.312. The van der Waals surface area contributed by atoms with E-state index in [2.05, 4.69) is 119 Å². The second-order valence-electron chi connectivity index (χ2n) is 5.38. The van der Waals surface area contributed by atoms with Crippen LogP contribution in [0.1, 0.15) is 5.56 Å². The van der Waals surface area contributed by atoms with Gasteiger partial charge in [0.1, 0.15) is 5.82 Å². The Morgan fingerprint density at radius 1 is 1.00 bits per heavy atom. The Kier molecular flexibility index (Phi) is 8.51. The van der Waals surface area contributed by atoms with Crippen molar-refractivity contribution in [1.29, 1.82) is 0 Å². The molecule has 0 unspecified atom stereocenters. The van der Waals surface area contributed by atoms with Gasteiger partial charge in [-0.15, -0.1) is 0 Å². The van der Waals surface area contributed by atoms with Gasteiger partial charge in [-0.05, 0) is 17.7 Å². The fourth-order valence-corrected chi connectivity index (χ4v) is 3.46. The van der Waals surface area contributed by atoms with E-state index in [4.69, 9.17) is 0 Å². The minimum Gasteiger partial charge on any atom is -0.207 e. The molecule has 7 heteroatoms. The first-order valence-corrected chi connectivity index (χ1v) is 10.5. The number of hydrogen-bond acceptors (Lipinski definition) is 1. The summed E-state index contributed by atoms with van der Waals surface area (Å²) >= 11 is 6.69. The number of benzene rings is 2. The van der Waals surface area contributed by atoms with E-state index < -0.39 is 0 Å². The summed E-state index contributed by atoms with van der Waals surface area (Å²) in [4.78, 5) is 0. The van der Waals surface area contributed by atoms with Crippen molar-refractivity contribution in [3.05, 3.63) is 76.0 Å². The summed E-state index contributed by atoms with van der Waals surface area (Å²) < 4.78 is 19.9. The van der Waals surface area contributed by atoms with Crippen LogP contribution in [-0.4, -0.2) is 10.5 Å². The van der Waals surface area contributed by atoms with Crippen molar-refractivity contribution in [2.45, 2.75) is 6.54 Å². The zero-order valence-corrected chi connectivity index (χ0v) is 20.4. The molecule has 0 bridgehead atoms. The average molecular weight is 744 g/mol. The van der Waals surface area contributed by atoms with Crippen molar-refractivity contribution in [2.75, 3.05) is 0 Å². The summed E-state index contributed by atoms with van der Waals surface area (Å²) in [5, 5.41) is 0. The fourth-order valence-electron chi connectivity index (χ4n) is 2.25. The van der Waals surface area contributed by atoms with Crippen LogP contribution in [0.2, 0.25) is 0 Å². The molecule has 3 nitrogen and oxygen atoms in total. The number of aromatic nitrogens is 2. The van der Waals surface area contributed by atoms with Crippen LogP contribution in [0.4, 0.5) is 4.39 Å². The summed E-state index contributed by atoms with van der Waals surface area (Å²) in [5.41, 5.74) is 3.63. The molecular weight excluding hydrogens is 726 g/mol. The van der Waals surface area contributed by atoms with E-state index in [0.717, 1.165) is 12.1 Å². The third-order valence-electron chi connectivity index (χ3n) is 3.49. The SMILES string of the molecule is Cn1cc(-c2ccccc2)n(C)[c]1=[Pt].Fc1ccc(CN(I)I)cc1. The van der Waals surface area contributed by atoms with Crippen LogP contribution in [-0.2, 0) is 40.0 Å². The third-order valence-corrected chi connectivity index (χ3v) is 5.73. The maximum atomic E-state index is 12.4. The van der Waals surface area contributed by atoms with Crippen molar-refractivity contribution < 1.29 is 23.7 Å². The van der Waals surface area contributed by atoms with Crippen molar-refractivity contribution in [2.24, 2.45) is 14.1 Å². The van der Waals surface area contributed by atoms with Crippen molar-refractivity contribution >= 4 is 45.7 Å². The van der Waals surface area contributed by atoms with E-state index in [1.54, 1.807) is 12.1 Å². The molecular formula is C18H18FI2N3Pt. The summed E-state index contributed by atoms with van der Waals surface area (Å²) in [6.07, 6.45) is 2.15. The number of aryl methyl sites for hydroxylation is 1. The Bertz CT molecular complexity index is 858. The first kappa shape index (κ1) is 21.0. The normalized spacial score (nSPS) is 10.6. The van der Waals surface area contributed by atoms with Gasteiger partial charge in [-0.3, -0.25) is 0 Å². The average Bonchev–Trinajstić information content (AvgIpc) is 2.85. The second-order valence-corrected chi connectivity index (χ2v) is 10.6. The maximum absolute atomic E-state index is 12.4.